The topological polar surface area (TPSA) is 113 Å². The lowest BCUT2D eigenvalue weighted by atomic mass is 9.88. The van der Waals surface area contributed by atoms with Crippen molar-refractivity contribution < 1.29 is 34.4 Å². The van der Waals surface area contributed by atoms with Crippen molar-refractivity contribution in [3.05, 3.63) is 0 Å². The second kappa shape index (κ2) is 9.20. The van der Waals surface area contributed by atoms with Crippen molar-refractivity contribution in [1.29, 1.82) is 0 Å². The summed E-state index contributed by atoms with van der Waals surface area (Å²) in [7, 11) is 0. The van der Waals surface area contributed by atoms with Crippen LogP contribution in [0.1, 0.15) is 45.4 Å². The molecule has 0 aromatic carbocycles. The van der Waals surface area contributed by atoms with Crippen LogP contribution in [-0.2, 0) is 19.1 Å². The molecule has 0 aliphatic heterocycles. The maximum absolute atomic E-state index is 12.3. The van der Waals surface area contributed by atoms with Gasteiger partial charge in [-0.05, 0) is 32.1 Å². The van der Waals surface area contributed by atoms with Crippen molar-refractivity contribution in [2.45, 2.75) is 45.4 Å². The number of esters is 1. The zero-order valence-electron chi connectivity index (χ0n) is 13.8. The van der Waals surface area contributed by atoms with Gasteiger partial charge < -0.3 is 24.8 Å². The average Bonchev–Trinajstić information content (AvgIpc) is 3.31. The molecule has 134 valence electrons. The first-order valence-electron chi connectivity index (χ1n) is 8.12. The number of aliphatic carboxylic acids is 1. The van der Waals surface area contributed by atoms with E-state index in [2.05, 4.69) is 0 Å². The van der Waals surface area contributed by atoms with Crippen LogP contribution in [0.3, 0.4) is 0 Å². The van der Waals surface area contributed by atoms with E-state index in [9.17, 15) is 14.7 Å². The van der Waals surface area contributed by atoms with Crippen LogP contribution in [0.2, 0.25) is 0 Å². The average molecular weight is 332 g/mol. The highest BCUT2D eigenvalue weighted by Gasteiger charge is 2.51. The number of rotatable bonds is 13. The Kier molecular flexibility index (Phi) is 7.94. The highest BCUT2D eigenvalue weighted by atomic mass is 16.5. The van der Waals surface area contributed by atoms with Gasteiger partial charge in [-0.15, -0.1) is 0 Å². The summed E-state index contributed by atoms with van der Waals surface area (Å²) in [6.45, 7) is 2.05. The zero-order chi connectivity index (χ0) is 17.3. The maximum atomic E-state index is 12.3. The Hall–Kier alpha value is -1.18. The fraction of sp³-hybridized carbons (Fsp3) is 0.875. The van der Waals surface area contributed by atoms with Crippen molar-refractivity contribution in [3.8, 4) is 0 Å². The lowest BCUT2D eigenvalue weighted by molar-refractivity contribution is -0.158. The first-order chi connectivity index (χ1) is 10.9. The van der Waals surface area contributed by atoms with Crippen LogP contribution < -0.4 is 0 Å². The van der Waals surface area contributed by atoms with Crippen molar-refractivity contribution in [2.75, 3.05) is 33.0 Å². The van der Waals surface area contributed by atoms with Gasteiger partial charge in [-0.2, -0.15) is 0 Å². The first kappa shape index (κ1) is 19.9. The minimum absolute atomic E-state index is 0.0551. The fourth-order valence-corrected chi connectivity index (χ4v) is 2.46. The Morgan fingerprint density at radius 1 is 1.22 bits per heavy atom. The molecule has 0 aromatic rings. The first-order valence-corrected chi connectivity index (χ1v) is 8.12. The van der Waals surface area contributed by atoms with Gasteiger partial charge in [0, 0.05) is 6.42 Å². The second-order valence-electron chi connectivity index (χ2n) is 6.39. The second-order valence-corrected chi connectivity index (χ2v) is 6.39. The monoisotopic (exact) mass is 332 g/mol. The van der Waals surface area contributed by atoms with E-state index < -0.39 is 16.8 Å². The quantitative estimate of drug-likeness (QED) is 0.340. The van der Waals surface area contributed by atoms with Crippen LogP contribution >= 0.6 is 0 Å². The van der Waals surface area contributed by atoms with Gasteiger partial charge in [0.15, 0.2) is 0 Å². The number of hydrogen-bond acceptors (Lipinski definition) is 6. The highest BCUT2D eigenvalue weighted by Crippen LogP contribution is 2.51. The third-order valence-corrected chi connectivity index (χ3v) is 4.57. The van der Waals surface area contributed by atoms with Gasteiger partial charge in [0.05, 0.1) is 37.3 Å². The predicted molar refractivity (Wildman–Crippen MR) is 81.8 cm³/mol. The van der Waals surface area contributed by atoms with Gasteiger partial charge in [0.25, 0.3) is 0 Å². The van der Waals surface area contributed by atoms with E-state index in [1.54, 1.807) is 0 Å². The Balaban J connectivity index is 2.46. The Labute approximate surface area is 136 Å². The number of carboxylic acids is 1. The van der Waals surface area contributed by atoms with Crippen LogP contribution in [0.15, 0.2) is 0 Å². The molecule has 1 unspecified atom stereocenters. The molecule has 1 atom stereocenters. The number of carbonyl (C=O) groups is 2. The van der Waals surface area contributed by atoms with Gasteiger partial charge in [-0.25, -0.2) is 0 Å². The molecule has 1 rings (SSSR count). The van der Waals surface area contributed by atoms with E-state index in [0.29, 0.717) is 19.3 Å². The van der Waals surface area contributed by atoms with Gasteiger partial charge in [0.1, 0.15) is 6.61 Å². The van der Waals surface area contributed by atoms with Crippen LogP contribution in [0, 0.1) is 10.8 Å². The van der Waals surface area contributed by atoms with Crippen molar-refractivity contribution in [1.82, 2.24) is 0 Å². The summed E-state index contributed by atoms with van der Waals surface area (Å²) >= 11 is 0. The summed E-state index contributed by atoms with van der Waals surface area (Å²) in [6.07, 6.45) is 3.07. The molecule has 0 heterocycles. The molecule has 0 spiro atoms. The van der Waals surface area contributed by atoms with Crippen LogP contribution in [-0.4, -0.2) is 60.3 Å². The van der Waals surface area contributed by atoms with E-state index in [4.69, 9.17) is 19.7 Å². The van der Waals surface area contributed by atoms with Gasteiger partial charge in [-0.1, -0.05) is 6.92 Å². The molecule has 0 amide bonds. The minimum Gasteiger partial charge on any atom is -0.481 e. The Bertz CT molecular complexity index is 386. The summed E-state index contributed by atoms with van der Waals surface area (Å²) < 4.78 is 10.7. The summed E-state index contributed by atoms with van der Waals surface area (Å²) in [5.74, 6) is -1.17. The molecule has 3 N–H and O–H groups in total. The molecule has 7 nitrogen and oxygen atoms in total. The van der Waals surface area contributed by atoms with Crippen LogP contribution in [0.5, 0.6) is 0 Å². The van der Waals surface area contributed by atoms with E-state index in [1.165, 1.54) is 0 Å². The van der Waals surface area contributed by atoms with Crippen molar-refractivity contribution in [3.63, 3.8) is 0 Å². The van der Waals surface area contributed by atoms with Crippen LogP contribution in [0.25, 0.3) is 0 Å². The smallest absolute Gasteiger partial charge is 0.312 e. The van der Waals surface area contributed by atoms with Gasteiger partial charge >= 0.3 is 11.9 Å². The molecule has 0 radical (unpaired) electrons. The zero-order valence-corrected chi connectivity index (χ0v) is 13.8. The molecule has 1 saturated carbocycles. The van der Waals surface area contributed by atoms with E-state index in [0.717, 1.165) is 12.8 Å². The Morgan fingerprint density at radius 2 is 1.91 bits per heavy atom. The van der Waals surface area contributed by atoms with Gasteiger partial charge in [-0.3, -0.25) is 9.59 Å². The summed E-state index contributed by atoms with van der Waals surface area (Å²) in [5, 5.41) is 27.0. The fourth-order valence-electron chi connectivity index (χ4n) is 2.46. The molecule has 0 bridgehead atoms. The minimum atomic E-state index is -0.861. The van der Waals surface area contributed by atoms with Gasteiger partial charge in [0.2, 0.25) is 0 Å². The third kappa shape index (κ3) is 6.08. The van der Waals surface area contributed by atoms with Crippen molar-refractivity contribution >= 4 is 11.9 Å². The Morgan fingerprint density at radius 3 is 2.39 bits per heavy atom. The molecule has 23 heavy (non-hydrogen) atoms. The summed E-state index contributed by atoms with van der Waals surface area (Å²) in [4.78, 5) is 22.8. The molecule has 0 saturated heterocycles. The molecular weight excluding hydrogens is 304 g/mol. The van der Waals surface area contributed by atoms with E-state index in [-0.39, 0.29) is 45.4 Å². The summed E-state index contributed by atoms with van der Waals surface area (Å²) in [5.41, 5.74) is -1.20. The maximum Gasteiger partial charge on any atom is 0.312 e. The summed E-state index contributed by atoms with van der Waals surface area (Å²) in [6, 6.07) is 0. The van der Waals surface area contributed by atoms with Crippen molar-refractivity contribution in [2.24, 2.45) is 10.8 Å². The molecule has 0 aromatic heterocycles. The lowest BCUT2D eigenvalue weighted by Crippen LogP contribution is -2.38. The number of aliphatic hydroxyl groups excluding tert-OH is 2. The standard InChI is InChI=1S/C16H28O7/c1-2-15(10-18,11-22-9-8-17)12-23-14(21)16(6-7-16)5-3-4-13(19)20/h17-18H,2-12H2,1H3,(H,19,20). The lowest BCUT2D eigenvalue weighted by Gasteiger charge is -2.30. The molecule has 1 aliphatic rings. The molecule has 7 heteroatoms. The number of carboxylic acid groups (broad SMARTS) is 1. The normalized spacial score (nSPS) is 18.2. The molecule has 1 fully saturated rings. The number of hydrogen-bond donors (Lipinski definition) is 3. The SMILES string of the molecule is CCC(CO)(COCCO)COC(=O)C1(CCCC(=O)O)CC1. The number of ether oxygens (including phenoxy) is 2. The highest BCUT2D eigenvalue weighted by molar-refractivity contribution is 5.80. The van der Waals surface area contributed by atoms with Crippen LogP contribution in [0.4, 0.5) is 0 Å². The third-order valence-electron chi connectivity index (χ3n) is 4.57. The van der Waals surface area contributed by atoms with E-state index >= 15 is 0 Å². The number of carbonyl (C=O) groups excluding carboxylic acids is 1. The number of aliphatic hydroxyl groups is 2. The largest absolute Gasteiger partial charge is 0.481 e. The molecule has 1 aliphatic carbocycles. The molecular formula is C16H28O7. The predicted octanol–water partition coefficient (Wildman–Crippen LogP) is 0.962. The van der Waals surface area contributed by atoms with E-state index in [1.807, 2.05) is 6.92 Å².